The number of aryl methyl sites for hydroxylation is 1. The van der Waals surface area contributed by atoms with Crippen LogP contribution in [0.25, 0.3) is 0 Å². The van der Waals surface area contributed by atoms with Crippen LogP contribution in [0, 0.1) is 0 Å². The lowest BCUT2D eigenvalue weighted by Gasteiger charge is -2.17. The lowest BCUT2D eigenvalue weighted by Crippen LogP contribution is -2.13. The number of hydrogen-bond acceptors (Lipinski definition) is 5. The monoisotopic (exact) mass is 508 g/mol. The van der Waals surface area contributed by atoms with Crippen LogP contribution in [-0.4, -0.2) is 32.4 Å². The second-order valence-corrected chi connectivity index (χ2v) is 9.99. The highest BCUT2D eigenvalue weighted by Gasteiger charge is 2.32. The van der Waals surface area contributed by atoms with Gasteiger partial charge in [-0.3, -0.25) is 4.79 Å². The van der Waals surface area contributed by atoms with E-state index in [0.717, 1.165) is 23.8 Å². The fraction of sp³-hybridized carbons (Fsp3) is 0.240. The molecule has 3 rings (SSSR count). The van der Waals surface area contributed by atoms with Crippen molar-refractivity contribution in [1.29, 1.82) is 0 Å². The Hall–Kier alpha value is -3.53. The van der Waals surface area contributed by atoms with Crippen molar-refractivity contribution >= 4 is 15.8 Å². The fourth-order valence-electron chi connectivity index (χ4n) is 3.40. The van der Waals surface area contributed by atoms with Crippen molar-refractivity contribution in [2.45, 2.75) is 24.8 Å². The molecule has 0 amide bonds. The number of hydrogen-bond donors (Lipinski definition) is 1. The molecule has 0 fully saturated rings. The van der Waals surface area contributed by atoms with Crippen molar-refractivity contribution in [3.8, 4) is 17.2 Å². The van der Waals surface area contributed by atoms with Crippen molar-refractivity contribution in [2.24, 2.45) is 0 Å². The van der Waals surface area contributed by atoms with Crippen LogP contribution in [0.3, 0.4) is 0 Å². The summed E-state index contributed by atoms with van der Waals surface area (Å²) >= 11 is 0. The molecule has 0 saturated heterocycles. The van der Waals surface area contributed by atoms with Gasteiger partial charge in [0.15, 0.2) is 21.3 Å². The van der Waals surface area contributed by atoms with E-state index >= 15 is 0 Å². The molecule has 3 aromatic rings. The van der Waals surface area contributed by atoms with Crippen molar-refractivity contribution in [3.05, 3.63) is 89.0 Å². The van der Waals surface area contributed by atoms with Crippen LogP contribution in [0.2, 0.25) is 0 Å². The largest absolute Gasteiger partial charge is 0.493 e. The molecule has 0 aliphatic heterocycles. The molecule has 6 nitrogen and oxygen atoms in total. The summed E-state index contributed by atoms with van der Waals surface area (Å²) in [5, 5.41) is 9.04. The van der Waals surface area contributed by atoms with Gasteiger partial charge in [-0.25, -0.2) is 8.42 Å². The summed E-state index contributed by atoms with van der Waals surface area (Å²) in [4.78, 5) is 11.1. The summed E-state index contributed by atoms with van der Waals surface area (Å²) in [5.74, 6) is -1.86. The van der Waals surface area contributed by atoms with Crippen molar-refractivity contribution in [1.82, 2.24) is 0 Å². The van der Waals surface area contributed by atoms with Gasteiger partial charge >= 0.3 is 12.1 Å². The minimum atomic E-state index is -4.68. The number of ether oxygens (including phenoxy) is 2. The Kier molecular flexibility index (Phi) is 8.06. The third-order valence-corrected chi connectivity index (χ3v) is 6.69. The molecule has 186 valence electrons. The third kappa shape index (κ3) is 7.48. The van der Waals surface area contributed by atoms with Crippen LogP contribution in [-0.2, 0) is 39.4 Å². The zero-order valence-corrected chi connectivity index (χ0v) is 19.5. The van der Waals surface area contributed by atoms with Crippen LogP contribution in [0.5, 0.6) is 17.2 Å². The molecule has 3 aromatic carbocycles. The summed E-state index contributed by atoms with van der Waals surface area (Å²) in [6.45, 7) is 0. The molecular weight excluding hydrogens is 485 g/mol. The second kappa shape index (κ2) is 10.8. The van der Waals surface area contributed by atoms with Crippen molar-refractivity contribution < 1.29 is 41.0 Å². The van der Waals surface area contributed by atoms with E-state index in [1.54, 1.807) is 30.3 Å². The van der Waals surface area contributed by atoms with Gasteiger partial charge in [0, 0.05) is 5.56 Å². The fourth-order valence-corrected chi connectivity index (χ4v) is 4.79. The van der Waals surface area contributed by atoms with E-state index in [4.69, 9.17) is 14.6 Å². The maximum absolute atomic E-state index is 13.4. The quantitative estimate of drug-likeness (QED) is 0.400. The first-order valence-electron chi connectivity index (χ1n) is 10.5. The van der Waals surface area contributed by atoms with E-state index in [0.29, 0.717) is 5.56 Å². The lowest BCUT2D eigenvalue weighted by atomic mass is 10.1. The van der Waals surface area contributed by atoms with Gasteiger partial charge in [0.2, 0.25) is 0 Å². The summed E-state index contributed by atoms with van der Waals surface area (Å²) in [7, 11) is -2.46. The van der Waals surface area contributed by atoms with E-state index in [-0.39, 0.29) is 41.4 Å². The number of carboxylic acids is 1. The minimum Gasteiger partial charge on any atom is -0.493 e. The smallest absolute Gasteiger partial charge is 0.416 e. The number of methoxy groups -OCH3 is 1. The van der Waals surface area contributed by atoms with Crippen LogP contribution < -0.4 is 9.47 Å². The Morgan fingerprint density at radius 3 is 2.23 bits per heavy atom. The highest BCUT2D eigenvalue weighted by Crippen LogP contribution is 2.38. The van der Waals surface area contributed by atoms with Crippen molar-refractivity contribution in [2.75, 3.05) is 12.9 Å². The number of halogens is 3. The number of benzene rings is 3. The number of aliphatic carboxylic acids is 1. The summed E-state index contributed by atoms with van der Waals surface area (Å²) in [6.07, 6.45) is -4.78. The Labute approximate surface area is 200 Å². The molecule has 0 radical (unpaired) electrons. The van der Waals surface area contributed by atoms with Gasteiger partial charge in [-0.15, -0.1) is 0 Å². The Balaban J connectivity index is 1.94. The molecule has 0 heterocycles. The van der Waals surface area contributed by atoms with Gasteiger partial charge in [-0.1, -0.05) is 36.4 Å². The van der Waals surface area contributed by atoms with E-state index in [9.17, 15) is 26.4 Å². The van der Waals surface area contributed by atoms with Gasteiger partial charge in [0.25, 0.3) is 0 Å². The topological polar surface area (TPSA) is 89.9 Å². The number of rotatable bonds is 10. The SMILES string of the molecule is COc1ccc(CC(=O)O)cc1Oc1ccc(C(F)(F)F)cc1CS(=O)(=O)CCc1ccccc1. The maximum Gasteiger partial charge on any atom is 0.416 e. The van der Waals surface area contributed by atoms with Crippen LogP contribution >= 0.6 is 0 Å². The van der Waals surface area contributed by atoms with Gasteiger partial charge in [-0.05, 0) is 47.9 Å². The molecule has 0 aromatic heterocycles. The van der Waals surface area contributed by atoms with Crippen LogP contribution in [0.4, 0.5) is 13.2 Å². The average molecular weight is 509 g/mol. The molecule has 0 aliphatic rings. The first-order valence-corrected chi connectivity index (χ1v) is 12.3. The first kappa shape index (κ1) is 26.1. The zero-order chi connectivity index (χ0) is 25.6. The first-order chi connectivity index (χ1) is 16.5. The summed E-state index contributed by atoms with van der Waals surface area (Å²) in [5.41, 5.74) is -0.0166. The standard InChI is InChI=1S/C25H23F3O6S/c1-33-22-9-7-18(14-24(29)30)13-23(22)34-21-10-8-20(25(26,27)28)15-19(21)16-35(31,32)12-11-17-5-3-2-4-6-17/h2-10,13,15H,11-12,14,16H2,1H3,(H,29,30). The molecule has 35 heavy (non-hydrogen) atoms. The minimum absolute atomic E-state index is 0.0499. The van der Waals surface area contributed by atoms with E-state index in [2.05, 4.69) is 0 Å². The number of carbonyl (C=O) groups is 1. The van der Waals surface area contributed by atoms with Crippen LogP contribution in [0.1, 0.15) is 22.3 Å². The molecule has 0 aliphatic carbocycles. The number of alkyl halides is 3. The Morgan fingerprint density at radius 1 is 0.914 bits per heavy atom. The summed E-state index contributed by atoms with van der Waals surface area (Å²) in [6, 6.07) is 15.8. The van der Waals surface area contributed by atoms with E-state index < -0.39 is 33.3 Å². The molecule has 0 bridgehead atoms. The highest BCUT2D eigenvalue weighted by molar-refractivity contribution is 7.90. The third-order valence-electron chi connectivity index (χ3n) is 5.11. The van der Waals surface area contributed by atoms with Gasteiger partial charge in [0.1, 0.15) is 5.75 Å². The maximum atomic E-state index is 13.4. The lowest BCUT2D eigenvalue weighted by molar-refractivity contribution is -0.138. The Morgan fingerprint density at radius 2 is 1.60 bits per heavy atom. The molecule has 0 unspecified atom stereocenters. The molecule has 0 atom stereocenters. The van der Waals surface area contributed by atoms with E-state index in [1.807, 2.05) is 0 Å². The zero-order valence-electron chi connectivity index (χ0n) is 18.7. The molecule has 0 spiro atoms. The molecular formula is C25H23F3O6S. The highest BCUT2D eigenvalue weighted by atomic mass is 32.2. The predicted molar refractivity (Wildman–Crippen MR) is 123 cm³/mol. The van der Waals surface area contributed by atoms with Crippen LogP contribution in [0.15, 0.2) is 66.7 Å². The molecule has 1 N–H and O–H groups in total. The normalized spacial score (nSPS) is 11.8. The molecule has 0 saturated carbocycles. The van der Waals surface area contributed by atoms with E-state index in [1.165, 1.54) is 25.3 Å². The predicted octanol–water partition coefficient (Wildman–Crippen LogP) is 5.29. The average Bonchev–Trinajstić information content (AvgIpc) is 2.78. The number of sulfone groups is 1. The van der Waals surface area contributed by atoms with Gasteiger partial charge < -0.3 is 14.6 Å². The summed E-state index contributed by atoms with van der Waals surface area (Å²) < 4.78 is 76.7. The second-order valence-electron chi connectivity index (χ2n) is 7.81. The van der Waals surface area contributed by atoms with Gasteiger partial charge in [0.05, 0.1) is 30.6 Å². The Bertz CT molecular complexity index is 1290. The van der Waals surface area contributed by atoms with Gasteiger partial charge in [-0.2, -0.15) is 13.2 Å². The van der Waals surface area contributed by atoms with Crippen molar-refractivity contribution in [3.63, 3.8) is 0 Å². The molecule has 10 heteroatoms. The number of carboxylic acid groups (broad SMARTS) is 1.